The van der Waals surface area contributed by atoms with E-state index in [2.05, 4.69) is 9.97 Å². The number of aryl methyl sites for hydroxylation is 1. The first-order valence-electron chi connectivity index (χ1n) is 3.48. The van der Waals surface area contributed by atoms with Crippen molar-refractivity contribution in [3.05, 3.63) is 28.8 Å². The molecule has 0 saturated heterocycles. The fourth-order valence-corrected chi connectivity index (χ4v) is 1.29. The molecule has 0 saturated carbocycles. The van der Waals surface area contributed by atoms with Gasteiger partial charge in [0.1, 0.15) is 11.6 Å². The molecule has 2 nitrogen and oxygen atoms in total. The minimum absolute atomic E-state index is 0.106. The highest BCUT2D eigenvalue weighted by atomic mass is 35.5. The third-order valence-corrected chi connectivity index (χ3v) is 1.93. The third-order valence-electron chi connectivity index (χ3n) is 1.64. The monoisotopic (exact) mass is 184 g/mol. The molecule has 0 atom stereocenters. The molecule has 0 unspecified atom stereocenters. The predicted molar refractivity (Wildman–Crippen MR) is 45.8 cm³/mol. The first-order chi connectivity index (χ1) is 5.66. The van der Waals surface area contributed by atoms with Gasteiger partial charge in [-0.05, 0) is 13.0 Å². The van der Waals surface area contributed by atoms with E-state index in [4.69, 9.17) is 11.6 Å². The van der Waals surface area contributed by atoms with Crippen LogP contribution in [0.15, 0.2) is 12.1 Å². The molecule has 0 fully saturated rings. The summed E-state index contributed by atoms with van der Waals surface area (Å²) in [6, 6.07) is 2.85. The lowest BCUT2D eigenvalue weighted by Gasteiger charge is -1.91. The molecule has 0 aliphatic carbocycles. The number of hydrogen-bond acceptors (Lipinski definition) is 1. The summed E-state index contributed by atoms with van der Waals surface area (Å²) in [6.45, 7) is 1.81. The first-order valence-corrected chi connectivity index (χ1v) is 3.86. The van der Waals surface area contributed by atoms with Gasteiger partial charge in [-0.25, -0.2) is 9.37 Å². The number of nitrogens with one attached hydrogen (secondary N) is 1. The van der Waals surface area contributed by atoms with Crippen molar-refractivity contribution in [1.29, 1.82) is 0 Å². The number of H-pyrrole nitrogens is 1. The Bertz CT molecular complexity index is 397. The van der Waals surface area contributed by atoms with Crippen LogP contribution in [-0.4, -0.2) is 9.97 Å². The van der Waals surface area contributed by atoms with Crippen LogP contribution in [0.1, 0.15) is 5.82 Å². The van der Waals surface area contributed by atoms with Crippen LogP contribution < -0.4 is 0 Å². The molecule has 2 aromatic rings. The van der Waals surface area contributed by atoms with Gasteiger partial charge in [-0.15, -0.1) is 0 Å². The molecule has 1 aromatic carbocycles. The van der Waals surface area contributed by atoms with Gasteiger partial charge in [0.2, 0.25) is 0 Å². The Morgan fingerprint density at radius 1 is 1.50 bits per heavy atom. The van der Waals surface area contributed by atoms with Gasteiger partial charge in [0.15, 0.2) is 0 Å². The average Bonchev–Trinajstić information content (AvgIpc) is 2.30. The van der Waals surface area contributed by atoms with E-state index in [1.54, 1.807) is 0 Å². The third kappa shape index (κ3) is 1.06. The Hall–Kier alpha value is -1.09. The molecule has 2 rings (SSSR count). The maximum atomic E-state index is 12.9. The minimum Gasteiger partial charge on any atom is -0.342 e. The molecule has 12 heavy (non-hydrogen) atoms. The lowest BCUT2D eigenvalue weighted by Crippen LogP contribution is -1.76. The number of fused-ring (bicyclic) bond motifs is 1. The molecule has 1 N–H and O–H groups in total. The largest absolute Gasteiger partial charge is 0.342 e. The van der Waals surface area contributed by atoms with Crippen LogP contribution in [-0.2, 0) is 0 Å². The van der Waals surface area contributed by atoms with Gasteiger partial charge in [-0.2, -0.15) is 0 Å². The van der Waals surface area contributed by atoms with Crippen molar-refractivity contribution in [3.63, 3.8) is 0 Å². The maximum absolute atomic E-state index is 12.9. The van der Waals surface area contributed by atoms with E-state index in [1.807, 2.05) is 6.92 Å². The smallest absolute Gasteiger partial charge is 0.144 e. The number of halogens is 2. The second-order valence-corrected chi connectivity index (χ2v) is 3.01. The van der Waals surface area contributed by atoms with E-state index >= 15 is 0 Å². The number of benzene rings is 1. The highest BCUT2D eigenvalue weighted by Gasteiger charge is 2.04. The molecule has 0 aliphatic rings. The van der Waals surface area contributed by atoms with Crippen LogP contribution in [0, 0.1) is 12.7 Å². The van der Waals surface area contributed by atoms with E-state index < -0.39 is 5.82 Å². The van der Waals surface area contributed by atoms with Gasteiger partial charge in [-0.1, -0.05) is 11.6 Å². The number of rotatable bonds is 0. The lowest BCUT2D eigenvalue weighted by molar-refractivity contribution is 0.630. The number of aromatic amines is 1. The summed E-state index contributed by atoms with van der Waals surface area (Å²) in [4.78, 5) is 7.03. The van der Waals surface area contributed by atoms with Crippen LogP contribution >= 0.6 is 11.6 Å². The van der Waals surface area contributed by atoms with Gasteiger partial charge in [0.05, 0.1) is 16.1 Å². The molecular formula is C8H6ClFN2. The summed E-state index contributed by atoms with van der Waals surface area (Å²) in [6.07, 6.45) is 0. The van der Waals surface area contributed by atoms with Crippen LogP contribution in [0.2, 0.25) is 5.02 Å². The van der Waals surface area contributed by atoms with Crippen LogP contribution in [0.3, 0.4) is 0 Å². The van der Waals surface area contributed by atoms with Crippen LogP contribution in [0.4, 0.5) is 4.39 Å². The maximum Gasteiger partial charge on any atom is 0.144 e. The van der Waals surface area contributed by atoms with Gasteiger partial charge in [0, 0.05) is 6.07 Å². The highest BCUT2D eigenvalue weighted by molar-refractivity contribution is 6.31. The van der Waals surface area contributed by atoms with Crippen molar-refractivity contribution < 1.29 is 4.39 Å². The van der Waals surface area contributed by atoms with Crippen molar-refractivity contribution in [2.45, 2.75) is 6.92 Å². The summed E-state index contributed by atoms with van der Waals surface area (Å²) in [5.74, 6) is 0.333. The summed E-state index contributed by atoms with van der Waals surface area (Å²) in [7, 11) is 0. The molecule has 1 heterocycles. The van der Waals surface area contributed by atoms with Gasteiger partial charge >= 0.3 is 0 Å². The molecule has 0 amide bonds. The van der Waals surface area contributed by atoms with Gasteiger partial charge in [-0.3, -0.25) is 0 Å². The van der Waals surface area contributed by atoms with Crippen molar-refractivity contribution in [3.8, 4) is 0 Å². The first kappa shape index (κ1) is 7.55. The molecule has 0 bridgehead atoms. The van der Waals surface area contributed by atoms with Crippen LogP contribution in [0.5, 0.6) is 0 Å². The normalized spacial score (nSPS) is 10.9. The lowest BCUT2D eigenvalue weighted by atomic mass is 10.3. The second-order valence-electron chi connectivity index (χ2n) is 2.61. The van der Waals surface area contributed by atoms with Crippen LogP contribution in [0.25, 0.3) is 11.0 Å². The van der Waals surface area contributed by atoms with Gasteiger partial charge in [0.25, 0.3) is 0 Å². The van der Waals surface area contributed by atoms with E-state index in [0.29, 0.717) is 11.0 Å². The second kappa shape index (κ2) is 2.45. The number of hydrogen-bond donors (Lipinski definition) is 1. The summed E-state index contributed by atoms with van der Waals surface area (Å²) < 4.78 is 12.9. The fourth-order valence-electron chi connectivity index (χ4n) is 1.13. The zero-order valence-corrected chi connectivity index (χ0v) is 7.11. The molecule has 62 valence electrons. The molecular weight excluding hydrogens is 179 g/mol. The van der Waals surface area contributed by atoms with E-state index in [-0.39, 0.29) is 5.02 Å². The summed E-state index contributed by atoms with van der Waals surface area (Å²) in [5.41, 5.74) is 1.37. The minimum atomic E-state index is -0.423. The quantitative estimate of drug-likeness (QED) is 0.670. The topological polar surface area (TPSA) is 28.7 Å². The Labute approximate surface area is 73.4 Å². The van der Waals surface area contributed by atoms with Gasteiger partial charge < -0.3 is 4.98 Å². The number of nitrogens with zero attached hydrogens (tertiary/aromatic N) is 1. The van der Waals surface area contributed by atoms with E-state index in [0.717, 1.165) is 5.82 Å². The van der Waals surface area contributed by atoms with Crippen molar-refractivity contribution in [1.82, 2.24) is 9.97 Å². The van der Waals surface area contributed by atoms with E-state index in [1.165, 1.54) is 12.1 Å². The molecule has 1 aromatic heterocycles. The van der Waals surface area contributed by atoms with Crippen molar-refractivity contribution in [2.24, 2.45) is 0 Å². The Balaban J connectivity index is 2.83. The standard InChI is InChI=1S/C8H6ClFN2/c1-4-11-7-2-5(9)6(10)3-8(7)12-4/h2-3H,1H3,(H,11,12). The fraction of sp³-hybridized carbons (Fsp3) is 0.125. The molecule has 0 aliphatic heterocycles. The van der Waals surface area contributed by atoms with Crippen molar-refractivity contribution in [2.75, 3.05) is 0 Å². The molecule has 4 heteroatoms. The Morgan fingerprint density at radius 2 is 2.25 bits per heavy atom. The summed E-state index contributed by atoms with van der Waals surface area (Å²) in [5, 5.41) is 0.106. The average molecular weight is 185 g/mol. The van der Waals surface area contributed by atoms with Crippen molar-refractivity contribution >= 4 is 22.6 Å². The number of imidazole rings is 1. The molecule has 0 radical (unpaired) electrons. The zero-order chi connectivity index (χ0) is 8.72. The Morgan fingerprint density at radius 3 is 3.00 bits per heavy atom. The predicted octanol–water partition coefficient (Wildman–Crippen LogP) is 2.66. The van der Waals surface area contributed by atoms with E-state index in [9.17, 15) is 4.39 Å². The SMILES string of the molecule is Cc1nc2cc(Cl)c(F)cc2[nH]1. The highest BCUT2D eigenvalue weighted by Crippen LogP contribution is 2.20. The summed E-state index contributed by atoms with van der Waals surface area (Å²) >= 11 is 5.57. The number of aromatic nitrogens is 2. The Kier molecular flexibility index (Phi) is 1.54. The zero-order valence-electron chi connectivity index (χ0n) is 6.36. The molecule has 0 spiro atoms.